The van der Waals surface area contributed by atoms with Crippen molar-refractivity contribution in [2.45, 2.75) is 6.04 Å². The molecule has 98 valence electrons. The second-order valence-electron chi connectivity index (χ2n) is 4.19. The first-order chi connectivity index (χ1) is 9.17. The smallest absolute Gasteiger partial charge is 0.134 e. The van der Waals surface area contributed by atoms with Crippen LogP contribution in [0.15, 0.2) is 40.8 Å². The van der Waals surface area contributed by atoms with Crippen molar-refractivity contribution in [2.24, 2.45) is 0 Å². The monoisotopic (exact) mass is 311 g/mol. The SMILES string of the molecule is CNC(c1cc2cc(Cl)ccc2o1)c1ccc(Cl)s1. The van der Waals surface area contributed by atoms with E-state index in [-0.39, 0.29) is 6.04 Å². The first kappa shape index (κ1) is 13.0. The molecule has 0 saturated heterocycles. The van der Waals surface area contributed by atoms with Crippen LogP contribution in [0.5, 0.6) is 0 Å². The summed E-state index contributed by atoms with van der Waals surface area (Å²) in [5.41, 5.74) is 0.835. The number of nitrogens with one attached hydrogen (secondary N) is 1. The summed E-state index contributed by atoms with van der Waals surface area (Å²) < 4.78 is 6.65. The zero-order chi connectivity index (χ0) is 13.4. The fraction of sp³-hybridized carbons (Fsp3) is 0.143. The van der Waals surface area contributed by atoms with Crippen LogP contribution in [-0.4, -0.2) is 7.05 Å². The molecule has 0 saturated carbocycles. The minimum atomic E-state index is 0.00340. The third kappa shape index (κ3) is 2.51. The molecule has 3 aromatic rings. The number of furan rings is 1. The van der Waals surface area contributed by atoms with E-state index in [0.29, 0.717) is 5.02 Å². The van der Waals surface area contributed by atoms with Gasteiger partial charge in [-0.3, -0.25) is 0 Å². The van der Waals surface area contributed by atoms with Crippen LogP contribution in [0.4, 0.5) is 0 Å². The molecule has 0 aliphatic heterocycles. The maximum atomic E-state index is 5.99. The summed E-state index contributed by atoms with van der Waals surface area (Å²) in [5.74, 6) is 0.860. The molecule has 0 aliphatic carbocycles. The van der Waals surface area contributed by atoms with Crippen LogP contribution in [0.2, 0.25) is 9.36 Å². The maximum absolute atomic E-state index is 5.99. The van der Waals surface area contributed by atoms with E-state index >= 15 is 0 Å². The molecular weight excluding hydrogens is 301 g/mol. The summed E-state index contributed by atoms with van der Waals surface area (Å²) in [7, 11) is 1.90. The van der Waals surface area contributed by atoms with E-state index in [1.165, 1.54) is 0 Å². The Balaban J connectivity index is 2.06. The summed E-state index contributed by atoms with van der Waals surface area (Å²) in [6, 6.07) is 11.5. The zero-order valence-corrected chi connectivity index (χ0v) is 12.4. The molecule has 5 heteroatoms. The molecule has 0 radical (unpaired) electrons. The van der Waals surface area contributed by atoms with Crippen LogP contribution in [0, 0.1) is 0 Å². The van der Waals surface area contributed by atoms with E-state index in [1.54, 1.807) is 11.3 Å². The van der Waals surface area contributed by atoms with Crippen molar-refractivity contribution < 1.29 is 4.42 Å². The van der Waals surface area contributed by atoms with Crippen molar-refractivity contribution in [3.8, 4) is 0 Å². The third-order valence-corrected chi connectivity index (χ3v) is 4.48. The molecule has 19 heavy (non-hydrogen) atoms. The van der Waals surface area contributed by atoms with E-state index in [4.69, 9.17) is 27.6 Å². The average Bonchev–Trinajstić information content (AvgIpc) is 2.96. The lowest BCUT2D eigenvalue weighted by Crippen LogP contribution is -2.15. The Hall–Kier alpha value is -1.000. The van der Waals surface area contributed by atoms with Crippen LogP contribution in [0.25, 0.3) is 11.0 Å². The Bertz CT molecular complexity index is 719. The second-order valence-corrected chi connectivity index (χ2v) is 6.38. The van der Waals surface area contributed by atoms with Gasteiger partial charge in [0.05, 0.1) is 4.34 Å². The molecule has 1 unspecified atom stereocenters. The summed E-state index contributed by atoms with van der Waals surface area (Å²) in [5, 5.41) is 4.96. The minimum absolute atomic E-state index is 0.00340. The van der Waals surface area contributed by atoms with Gasteiger partial charge in [-0.2, -0.15) is 0 Å². The van der Waals surface area contributed by atoms with Gasteiger partial charge in [0.2, 0.25) is 0 Å². The number of hydrogen-bond acceptors (Lipinski definition) is 3. The molecule has 3 rings (SSSR count). The van der Waals surface area contributed by atoms with Gasteiger partial charge in [0.1, 0.15) is 17.4 Å². The summed E-state index contributed by atoms with van der Waals surface area (Å²) in [4.78, 5) is 1.12. The topological polar surface area (TPSA) is 25.2 Å². The highest BCUT2D eigenvalue weighted by molar-refractivity contribution is 7.16. The molecule has 1 N–H and O–H groups in total. The van der Waals surface area contributed by atoms with Gasteiger partial charge in [0, 0.05) is 15.3 Å². The maximum Gasteiger partial charge on any atom is 0.134 e. The van der Waals surface area contributed by atoms with Crippen molar-refractivity contribution in [3.63, 3.8) is 0 Å². The lowest BCUT2D eigenvalue weighted by atomic mass is 10.1. The van der Waals surface area contributed by atoms with Crippen LogP contribution >= 0.6 is 34.5 Å². The molecule has 0 aliphatic rings. The van der Waals surface area contributed by atoms with E-state index in [9.17, 15) is 0 Å². The van der Waals surface area contributed by atoms with E-state index in [1.807, 2.05) is 43.4 Å². The molecule has 2 heterocycles. The molecule has 0 fully saturated rings. The molecule has 0 amide bonds. The van der Waals surface area contributed by atoms with Crippen LogP contribution in [0.1, 0.15) is 16.7 Å². The third-order valence-electron chi connectivity index (χ3n) is 2.95. The molecule has 2 aromatic heterocycles. The van der Waals surface area contributed by atoms with Gasteiger partial charge in [-0.15, -0.1) is 11.3 Å². The van der Waals surface area contributed by atoms with Gasteiger partial charge in [0.15, 0.2) is 0 Å². The lowest BCUT2D eigenvalue weighted by molar-refractivity contribution is 0.495. The Labute approximate surface area is 124 Å². The number of halogens is 2. The Morgan fingerprint density at radius 3 is 2.68 bits per heavy atom. The minimum Gasteiger partial charge on any atom is -0.459 e. The van der Waals surface area contributed by atoms with Crippen LogP contribution < -0.4 is 5.32 Å². The molecule has 1 aromatic carbocycles. The van der Waals surface area contributed by atoms with Crippen molar-refractivity contribution in [1.82, 2.24) is 5.32 Å². The fourth-order valence-corrected chi connectivity index (χ4v) is 3.45. The highest BCUT2D eigenvalue weighted by atomic mass is 35.5. The zero-order valence-electron chi connectivity index (χ0n) is 10.1. The van der Waals surface area contributed by atoms with Crippen molar-refractivity contribution >= 4 is 45.5 Å². The van der Waals surface area contributed by atoms with Crippen LogP contribution in [-0.2, 0) is 0 Å². The van der Waals surface area contributed by atoms with Gasteiger partial charge in [-0.1, -0.05) is 23.2 Å². The number of thiophene rings is 1. The van der Waals surface area contributed by atoms with E-state index in [0.717, 1.165) is 25.9 Å². The fourth-order valence-electron chi connectivity index (χ4n) is 2.09. The van der Waals surface area contributed by atoms with Crippen molar-refractivity contribution in [2.75, 3.05) is 7.05 Å². The van der Waals surface area contributed by atoms with Gasteiger partial charge in [-0.25, -0.2) is 0 Å². The summed E-state index contributed by atoms with van der Waals surface area (Å²) in [6.45, 7) is 0. The predicted molar refractivity (Wildman–Crippen MR) is 81.5 cm³/mol. The average molecular weight is 312 g/mol. The lowest BCUT2D eigenvalue weighted by Gasteiger charge is -2.10. The molecule has 2 nitrogen and oxygen atoms in total. The summed E-state index contributed by atoms with van der Waals surface area (Å²) >= 11 is 13.5. The Morgan fingerprint density at radius 1 is 1.16 bits per heavy atom. The number of rotatable bonds is 3. The standard InChI is InChI=1S/C14H11Cl2NOS/c1-17-14(12-4-5-13(16)19-12)11-7-8-6-9(15)2-3-10(8)18-11/h2-7,14,17H,1H3. The number of hydrogen-bond donors (Lipinski definition) is 1. The number of fused-ring (bicyclic) bond motifs is 1. The Morgan fingerprint density at radius 2 is 2.00 bits per heavy atom. The highest BCUT2D eigenvalue weighted by Crippen LogP contribution is 2.34. The quantitative estimate of drug-likeness (QED) is 0.727. The predicted octanol–water partition coefficient (Wildman–Crippen LogP) is 5.11. The second kappa shape index (κ2) is 5.17. The number of benzene rings is 1. The molecule has 1 atom stereocenters. The van der Waals surface area contributed by atoms with Crippen LogP contribution in [0.3, 0.4) is 0 Å². The largest absolute Gasteiger partial charge is 0.459 e. The Kier molecular flexibility index (Phi) is 3.54. The molecule has 0 spiro atoms. The van der Waals surface area contributed by atoms with Crippen molar-refractivity contribution in [1.29, 1.82) is 0 Å². The first-order valence-electron chi connectivity index (χ1n) is 5.79. The molecular formula is C14H11Cl2NOS. The highest BCUT2D eigenvalue weighted by Gasteiger charge is 2.18. The summed E-state index contributed by atoms with van der Waals surface area (Å²) in [6.07, 6.45) is 0. The molecule has 0 bridgehead atoms. The van der Waals surface area contributed by atoms with Gasteiger partial charge in [-0.05, 0) is 43.4 Å². The normalized spacial score (nSPS) is 13.0. The first-order valence-corrected chi connectivity index (χ1v) is 7.36. The van der Waals surface area contributed by atoms with E-state index in [2.05, 4.69) is 5.32 Å². The van der Waals surface area contributed by atoms with Gasteiger partial charge >= 0.3 is 0 Å². The van der Waals surface area contributed by atoms with Gasteiger partial charge in [0.25, 0.3) is 0 Å². The van der Waals surface area contributed by atoms with E-state index < -0.39 is 0 Å². The van der Waals surface area contributed by atoms with Crippen molar-refractivity contribution in [3.05, 3.63) is 56.4 Å². The van der Waals surface area contributed by atoms with Gasteiger partial charge < -0.3 is 9.73 Å².